The lowest BCUT2D eigenvalue weighted by Crippen LogP contribution is -2.42. The van der Waals surface area contributed by atoms with Gasteiger partial charge in [0.25, 0.3) is 5.91 Å². The summed E-state index contributed by atoms with van der Waals surface area (Å²) < 4.78 is 10.5. The van der Waals surface area contributed by atoms with Gasteiger partial charge in [0, 0.05) is 36.1 Å². The number of ether oxygens (including phenoxy) is 2. The Balaban J connectivity index is 1.37. The van der Waals surface area contributed by atoms with Crippen LogP contribution in [-0.2, 0) is 22.4 Å². The number of fused-ring (bicyclic) bond motifs is 2. The van der Waals surface area contributed by atoms with E-state index in [1.807, 2.05) is 36.5 Å². The van der Waals surface area contributed by atoms with Crippen LogP contribution in [0.1, 0.15) is 21.5 Å². The predicted molar refractivity (Wildman–Crippen MR) is 101 cm³/mol. The molecule has 4 rings (SSSR count). The summed E-state index contributed by atoms with van der Waals surface area (Å²) in [6.07, 6.45) is 2.24. The SMILES string of the molecule is COc1ccc2c(CCNC(=O)[C@@H]3Cc4ccccc4C(=O)O3)c[nH]c2c1. The average Bonchev–Trinajstić information content (AvgIpc) is 3.10. The zero-order chi connectivity index (χ0) is 18.8. The fourth-order valence-corrected chi connectivity index (χ4v) is 3.41. The monoisotopic (exact) mass is 364 g/mol. The van der Waals surface area contributed by atoms with Crippen LogP contribution in [-0.4, -0.2) is 36.6 Å². The average molecular weight is 364 g/mol. The van der Waals surface area contributed by atoms with Gasteiger partial charge in [0.2, 0.25) is 0 Å². The second-order valence-electron chi connectivity index (χ2n) is 6.52. The van der Waals surface area contributed by atoms with Crippen molar-refractivity contribution in [3.63, 3.8) is 0 Å². The molecular formula is C21H20N2O4. The number of esters is 1. The molecule has 0 saturated heterocycles. The van der Waals surface area contributed by atoms with Crippen LogP contribution in [0.15, 0.2) is 48.7 Å². The fraction of sp³-hybridized carbons (Fsp3) is 0.238. The van der Waals surface area contributed by atoms with E-state index < -0.39 is 12.1 Å². The van der Waals surface area contributed by atoms with Gasteiger partial charge in [-0.25, -0.2) is 4.79 Å². The molecule has 6 nitrogen and oxygen atoms in total. The maximum absolute atomic E-state index is 12.4. The summed E-state index contributed by atoms with van der Waals surface area (Å²) in [7, 11) is 1.64. The number of amides is 1. The highest BCUT2D eigenvalue weighted by Gasteiger charge is 2.30. The molecule has 0 spiro atoms. The van der Waals surface area contributed by atoms with Crippen molar-refractivity contribution in [1.29, 1.82) is 0 Å². The number of hydrogen-bond donors (Lipinski definition) is 2. The molecule has 0 radical (unpaired) electrons. The van der Waals surface area contributed by atoms with Gasteiger partial charge < -0.3 is 19.8 Å². The van der Waals surface area contributed by atoms with Crippen molar-refractivity contribution in [1.82, 2.24) is 10.3 Å². The number of carbonyl (C=O) groups excluding carboxylic acids is 2. The predicted octanol–water partition coefficient (Wildman–Crippen LogP) is 2.62. The third-order valence-corrected chi connectivity index (χ3v) is 4.85. The first-order valence-corrected chi connectivity index (χ1v) is 8.86. The molecule has 1 amide bonds. The van der Waals surface area contributed by atoms with Gasteiger partial charge in [-0.1, -0.05) is 18.2 Å². The second-order valence-corrected chi connectivity index (χ2v) is 6.52. The van der Waals surface area contributed by atoms with Gasteiger partial charge in [0.15, 0.2) is 6.10 Å². The molecule has 0 aliphatic carbocycles. The van der Waals surface area contributed by atoms with Crippen LogP contribution in [0.3, 0.4) is 0 Å². The normalized spacial score (nSPS) is 15.9. The van der Waals surface area contributed by atoms with Gasteiger partial charge >= 0.3 is 5.97 Å². The second kappa shape index (κ2) is 7.15. The Hall–Kier alpha value is -3.28. The van der Waals surface area contributed by atoms with Crippen molar-refractivity contribution in [3.05, 3.63) is 65.4 Å². The van der Waals surface area contributed by atoms with E-state index >= 15 is 0 Å². The van der Waals surface area contributed by atoms with E-state index in [1.54, 1.807) is 19.2 Å². The lowest BCUT2D eigenvalue weighted by molar-refractivity contribution is -0.130. The molecular weight excluding hydrogens is 344 g/mol. The fourth-order valence-electron chi connectivity index (χ4n) is 3.41. The smallest absolute Gasteiger partial charge is 0.339 e. The lowest BCUT2D eigenvalue weighted by atomic mass is 9.98. The minimum atomic E-state index is -0.778. The van der Waals surface area contributed by atoms with Crippen LogP contribution in [0.5, 0.6) is 5.75 Å². The molecule has 0 saturated carbocycles. The molecule has 27 heavy (non-hydrogen) atoms. The number of aromatic nitrogens is 1. The van der Waals surface area contributed by atoms with E-state index in [9.17, 15) is 9.59 Å². The summed E-state index contributed by atoms with van der Waals surface area (Å²) in [5.74, 6) is 0.0885. The van der Waals surface area contributed by atoms with Gasteiger partial charge in [-0.15, -0.1) is 0 Å². The molecule has 2 N–H and O–H groups in total. The van der Waals surface area contributed by atoms with E-state index in [2.05, 4.69) is 10.3 Å². The maximum atomic E-state index is 12.4. The number of nitrogens with one attached hydrogen (secondary N) is 2. The Morgan fingerprint density at radius 3 is 3.00 bits per heavy atom. The summed E-state index contributed by atoms with van der Waals surface area (Å²) in [6, 6.07) is 13.1. The van der Waals surface area contributed by atoms with E-state index in [-0.39, 0.29) is 5.91 Å². The van der Waals surface area contributed by atoms with Gasteiger partial charge in [-0.2, -0.15) is 0 Å². The molecule has 0 unspecified atom stereocenters. The van der Waals surface area contributed by atoms with E-state index in [1.165, 1.54) is 0 Å². The highest BCUT2D eigenvalue weighted by Crippen LogP contribution is 2.23. The zero-order valence-electron chi connectivity index (χ0n) is 15.0. The first kappa shape index (κ1) is 17.1. The summed E-state index contributed by atoms with van der Waals surface area (Å²) in [4.78, 5) is 27.7. The number of rotatable bonds is 5. The Morgan fingerprint density at radius 2 is 2.15 bits per heavy atom. The molecule has 2 aromatic carbocycles. The van der Waals surface area contributed by atoms with Crippen molar-refractivity contribution >= 4 is 22.8 Å². The molecule has 0 bridgehead atoms. The van der Waals surface area contributed by atoms with Crippen LogP contribution < -0.4 is 10.1 Å². The van der Waals surface area contributed by atoms with Gasteiger partial charge in [0.1, 0.15) is 5.75 Å². The number of benzene rings is 2. The first-order valence-electron chi connectivity index (χ1n) is 8.86. The standard InChI is InChI=1S/C21H20N2O4/c1-26-15-6-7-16-14(12-23-18(16)11-15)8-9-22-20(24)19-10-13-4-2-3-5-17(13)21(25)27-19/h2-7,11-12,19,23H,8-10H2,1H3,(H,22,24)/t19-/m0/s1. The Labute approximate surface area is 156 Å². The Morgan fingerprint density at radius 1 is 1.30 bits per heavy atom. The van der Waals surface area contributed by atoms with Crippen LogP contribution in [0.4, 0.5) is 0 Å². The van der Waals surface area contributed by atoms with Crippen molar-refractivity contribution < 1.29 is 19.1 Å². The molecule has 0 fully saturated rings. The molecule has 138 valence electrons. The Kier molecular flexibility index (Phi) is 4.54. The molecule has 1 atom stereocenters. The summed E-state index contributed by atoms with van der Waals surface area (Å²) in [5, 5.41) is 3.97. The largest absolute Gasteiger partial charge is 0.497 e. The lowest BCUT2D eigenvalue weighted by Gasteiger charge is -2.23. The van der Waals surface area contributed by atoms with Crippen molar-refractivity contribution in [2.45, 2.75) is 18.9 Å². The maximum Gasteiger partial charge on any atom is 0.339 e. The molecule has 3 aromatic rings. The topological polar surface area (TPSA) is 80.4 Å². The van der Waals surface area contributed by atoms with E-state index in [0.29, 0.717) is 24.9 Å². The summed E-state index contributed by atoms with van der Waals surface area (Å²) in [6.45, 7) is 0.466. The molecule has 1 aromatic heterocycles. The highest BCUT2D eigenvalue weighted by atomic mass is 16.5. The highest BCUT2D eigenvalue weighted by molar-refractivity contribution is 5.95. The molecule has 6 heteroatoms. The van der Waals surface area contributed by atoms with Crippen LogP contribution in [0.2, 0.25) is 0 Å². The van der Waals surface area contributed by atoms with Crippen molar-refractivity contribution in [2.24, 2.45) is 0 Å². The minimum Gasteiger partial charge on any atom is -0.497 e. The summed E-state index contributed by atoms with van der Waals surface area (Å²) in [5.41, 5.74) is 3.49. The number of methoxy groups -OCH3 is 1. The Bertz CT molecular complexity index is 1010. The van der Waals surface area contributed by atoms with Crippen molar-refractivity contribution in [2.75, 3.05) is 13.7 Å². The molecule has 1 aliphatic rings. The van der Waals surface area contributed by atoms with Crippen LogP contribution in [0, 0.1) is 0 Å². The third kappa shape index (κ3) is 3.38. The van der Waals surface area contributed by atoms with E-state index in [4.69, 9.17) is 9.47 Å². The quantitative estimate of drug-likeness (QED) is 0.682. The van der Waals surface area contributed by atoms with Crippen molar-refractivity contribution in [3.8, 4) is 5.75 Å². The molecule has 2 heterocycles. The number of carbonyl (C=O) groups is 2. The van der Waals surface area contributed by atoms with Gasteiger partial charge in [-0.3, -0.25) is 4.79 Å². The number of hydrogen-bond acceptors (Lipinski definition) is 4. The van der Waals surface area contributed by atoms with Gasteiger partial charge in [0.05, 0.1) is 12.7 Å². The number of cyclic esters (lactones) is 1. The third-order valence-electron chi connectivity index (χ3n) is 4.85. The number of aromatic amines is 1. The zero-order valence-corrected chi connectivity index (χ0v) is 15.0. The van der Waals surface area contributed by atoms with Crippen LogP contribution in [0.25, 0.3) is 10.9 Å². The van der Waals surface area contributed by atoms with Crippen LogP contribution >= 0.6 is 0 Å². The van der Waals surface area contributed by atoms with Gasteiger partial charge in [-0.05, 0) is 35.7 Å². The summed E-state index contributed by atoms with van der Waals surface area (Å²) >= 11 is 0. The number of H-pyrrole nitrogens is 1. The molecule has 1 aliphatic heterocycles. The van der Waals surface area contributed by atoms with E-state index in [0.717, 1.165) is 27.8 Å². The minimum absolute atomic E-state index is 0.264. The first-order chi connectivity index (χ1) is 13.2.